The normalized spacial score (nSPS) is 19.2. The van der Waals surface area contributed by atoms with E-state index in [9.17, 15) is 0 Å². The van der Waals surface area contributed by atoms with Crippen LogP contribution in [0.15, 0.2) is 0 Å². The second-order valence-electron chi connectivity index (χ2n) is 3.76. The Balaban J connectivity index is 1.86. The highest BCUT2D eigenvalue weighted by Gasteiger charge is 2.08. The molecule has 0 amide bonds. The number of hydrogen-bond acceptors (Lipinski definition) is 3. The second-order valence-corrected chi connectivity index (χ2v) is 3.76. The minimum absolute atomic E-state index is 1.07. The van der Waals surface area contributed by atoms with Gasteiger partial charge in [-0.3, -0.25) is 0 Å². The standard InChI is InChI=1S/C10H23N3/c1-11-5-6-12-7-10-13-8-3-2-4-9-13/h11-12H,2-10H2,1H3. The lowest BCUT2D eigenvalue weighted by Gasteiger charge is -2.26. The molecule has 2 N–H and O–H groups in total. The molecule has 1 heterocycles. The summed E-state index contributed by atoms with van der Waals surface area (Å²) in [4.78, 5) is 2.57. The fourth-order valence-electron chi connectivity index (χ4n) is 1.76. The molecule has 0 aromatic heterocycles. The van der Waals surface area contributed by atoms with Gasteiger partial charge in [0.2, 0.25) is 0 Å². The van der Waals surface area contributed by atoms with E-state index in [2.05, 4.69) is 15.5 Å². The predicted molar refractivity (Wildman–Crippen MR) is 57.1 cm³/mol. The number of nitrogens with one attached hydrogen (secondary N) is 2. The molecular weight excluding hydrogens is 162 g/mol. The number of piperidine rings is 1. The Morgan fingerprint density at radius 2 is 1.77 bits per heavy atom. The quantitative estimate of drug-likeness (QED) is 0.582. The summed E-state index contributed by atoms with van der Waals surface area (Å²) in [6, 6.07) is 0. The van der Waals surface area contributed by atoms with Crippen LogP contribution in [0.1, 0.15) is 19.3 Å². The molecule has 1 rings (SSSR count). The third kappa shape index (κ3) is 5.24. The van der Waals surface area contributed by atoms with Crippen LogP contribution in [0, 0.1) is 0 Å². The Morgan fingerprint density at radius 3 is 2.46 bits per heavy atom. The second kappa shape index (κ2) is 7.30. The third-order valence-electron chi connectivity index (χ3n) is 2.61. The molecule has 0 spiro atoms. The lowest BCUT2D eigenvalue weighted by Crippen LogP contribution is -2.37. The first-order valence-electron chi connectivity index (χ1n) is 5.51. The zero-order chi connectivity index (χ0) is 9.36. The summed E-state index contributed by atoms with van der Waals surface area (Å²) in [5, 5.41) is 6.56. The van der Waals surface area contributed by atoms with Crippen molar-refractivity contribution >= 4 is 0 Å². The fraction of sp³-hybridized carbons (Fsp3) is 1.00. The molecule has 0 aromatic carbocycles. The van der Waals surface area contributed by atoms with Crippen LogP contribution in [0.2, 0.25) is 0 Å². The lowest BCUT2D eigenvalue weighted by atomic mass is 10.1. The molecule has 0 atom stereocenters. The van der Waals surface area contributed by atoms with E-state index in [1.165, 1.54) is 38.9 Å². The Morgan fingerprint density at radius 1 is 1.00 bits per heavy atom. The van der Waals surface area contributed by atoms with Crippen LogP contribution in [0.3, 0.4) is 0 Å². The molecular formula is C10H23N3. The first-order valence-corrected chi connectivity index (χ1v) is 5.51. The molecule has 1 aliphatic heterocycles. The largest absolute Gasteiger partial charge is 0.318 e. The van der Waals surface area contributed by atoms with Gasteiger partial charge >= 0.3 is 0 Å². The molecule has 0 aliphatic carbocycles. The first kappa shape index (κ1) is 11.0. The van der Waals surface area contributed by atoms with Gasteiger partial charge in [0.15, 0.2) is 0 Å². The van der Waals surface area contributed by atoms with Gasteiger partial charge in [0.1, 0.15) is 0 Å². The van der Waals surface area contributed by atoms with Crippen molar-refractivity contribution in [1.82, 2.24) is 15.5 Å². The van der Waals surface area contributed by atoms with Crippen molar-refractivity contribution in [1.29, 1.82) is 0 Å². The zero-order valence-electron chi connectivity index (χ0n) is 8.81. The van der Waals surface area contributed by atoms with Gasteiger partial charge in [-0.2, -0.15) is 0 Å². The highest BCUT2D eigenvalue weighted by Crippen LogP contribution is 2.06. The highest BCUT2D eigenvalue weighted by atomic mass is 15.1. The van der Waals surface area contributed by atoms with Crippen LogP contribution in [0.4, 0.5) is 0 Å². The van der Waals surface area contributed by atoms with Crippen molar-refractivity contribution in [3.63, 3.8) is 0 Å². The van der Waals surface area contributed by atoms with Crippen molar-refractivity contribution in [2.45, 2.75) is 19.3 Å². The molecule has 13 heavy (non-hydrogen) atoms. The Bertz CT molecular complexity index is 111. The molecule has 0 radical (unpaired) electrons. The van der Waals surface area contributed by atoms with Gasteiger partial charge in [-0.15, -0.1) is 0 Å². The molecule has 78 valence electrons. The average Bonchev–Trinajstić information content (AvgIpc) is 2.19. The van der Waals surface area contributed by atoms with Crippen LogP contribution < -0.4 is 10.6 Å². The summed E-state index contributed by atoms with van der Waals surface area (Å²) in [6.45, 7) is 7.15. The van der Waals surface area contributed by atoms with E-state index in [0.717, 1.165) is 19.6 Å². The maximum atomic E-state index is 3.43. The van der Waals surface area contributed by atoms with Crippen LogP contribution in [-0.4, -0.2) is 51.2 Å². The minimum atomic E-state index is 1.07. The van der Waals surface area contributed by atoms with E-state index in [4.69, 9.17) is 0 Å². The molecule has 1 aliphatic rings. The summed E-state index contributed by atoms with van der Waals surface area (Å²) < 4.78 is 0. The van der Waals surface area contributed by atoms with Gasteiger partial charge < -0.3 is 15.5 Å². The molecule has 0 bridgehead atoms. The highest BCUT2D eigenvalue weighted by molar-refractivity contribution is 4.65. The fourth-order valence-corrected chi connectivity index (χ4v) is 1.76. The van der Waals surface area contributed by atoms with Crippen molar-refractivity contribution in [3.05, 3.63) is 0 Å². The van der Waals surface area contributed by atoms with Crippen molar-refractivity contribution in [2.75, 3.05) is 46.3 Å². The summed E-state index contributed by atoms with van der Waals surface area (Å²) in [5.74, 6) is 0. The summed E-state index contributed by atoms with van der Waals surface area (Å²) in [7, 11) is 1.99. The predicted octanol–water partition coefficient (Wildman–Crippen LogP) is 0.281. The van der Waals surface area contributed by atoms with Crippen molar-refractivity contribution in [3.8, 4) is 0 Å². The Labute approximate surface area is 81.9 Å². The van der Waals surface area contributed by atoms with E-state index in [0.29, 0.717) is 0 Å². The number of likely N-dealkylation sites (tertiary alicyclic amines) is 1. The van der Waals surface area contributed by atoms with Gasteiger partial charge in [0.25, 0.3) is 0 Å². The van der Waals surface area contributed by atoms with E-state index < -0.39 is 0 Å². The Hall–Kier alpha value is -0.120. The molecule has 1 saturated heterocycles. The monoisotopic (exact) mass is 185 g/mol. The molecule has 3 heteroatoms. The number of rotatable bonds is 6. The van der Waals surface area contributed by atoms with E-state index in [1.807, 2.05) is 7.05 Å². The van der Waals surface area contributed by atoms with Gasteiger partial charge in [-0.05, 0) is 33.0 Å². The average molecular weight is 185 g/mol. The number of hydrogen-bond donors (Lipinski definition) is 2. The lowest BCUT2D eigenvalue weighted by molar-refractivity contribution is 0.229. The van der Waals surface area contributed by atoms with Crippen LogP contribution in [0.25, 0.3) is 0 Å². The van der Waals surface area contributed by atoms with Gasteiger partial charge in [-0.1, -0.05) is 6.42 Å². The van der Waals surface area contributed by atoms with Gasteiger partial charge in [0.05, 0.1) is 0 Å². The van der Waals surface area contributed by atoms with Crippen molar-refractivity contribution < 1.29 is 0 Å². The third-order valence-corrected chi connectivity index (χ3v) is 2.61. The summed E-state index contributed by atoms with van der Waals surface area (Å²) >= 11 is 0. The SMILES string of the molecule is CNCCNCCN1CCCCC1. The van der Waals surface area contributed by atoms with Gasteiger partial charge in [-0.25, -0.2) is 0 Å². The molecule has 1 fully saturated rings. The smallest absolute Gasteiger partial charge is 0.0107 e. The Kier molecular flexibility index (Phi) is 6.15. The van der Waals surface area contributed by atoms with Crippen LogP contribution in [-0.2, 0) is 0 Å². The molecule has 0 aromatic rings. The van der Waals surface area contributed by atoms with Crippen LogP contribution in [0.5, 0.6) is 0 Å². The number of likely N-dealkylation sites (N-methyl/N-ethyl adjacent to an activating group) is 1. The maximum Gasteiger partial charge on any atom is 0.0107 e. The minimum Gasteiger partial charge on any atom is -0.318 e. The maximum absolute atomic E-state index is 3.43. The van der Waals surface area contributed by atoms with Crippen LogP contribution >= 0.6 is 0 Å². The molecule has 3 nitrogen and oxygen atoms in total. The number of nitrogens with zero attached hydrogens (tertiary/aromatic N) is 1. The molecule has 0 unspecified atom stereocenters. The first-order chi connectivity index (χ1) is 6.43. The van der Waals surface area contributed by atoms with Crippen molar-refractivity contribution in [2.24, 2.45) is 0 Å². The van der Waals surface area contributed by atoms with E-state index in [-0.39, 0.29) is 0 Å². The van der Waals surface area contributed by atoms with E-state index >= 15 is 0 Å². The summed E-state index contributed by atoms with van der Waals surface area (Å²) in [5.41, 5.74) is 0. The topological polar surface area (TPSA) is 27.3 Å². The zero-order valence-corrected chi connectivity index (χ0v) is 8.81. The van der Waals surface area contributed by atoms with Gasteiger partial charge in [0, 0.05) is 26.2 Å². The molecule has 0 saturated carbocycles. The van der Waals surface area contributed by atoms with E-state index in [1.54, 1.807) is 0 Å². The summed E-state index contributed by atoms with van der Waals surface area (Å²) in [6.07, 6.45) is 4.23.